The Labute approximate surface area is 142 Å². The standard InChI is InChI=1S/C18H19N3O2S/c1-11-9-12-15(23-2)7-8-16(17(12)19-10-11)24(22)18-20-13-5-3-4-6-14(13)21-18/h3-6,9-10,15-16H,7-8H2,1-2H3,(H,20,21). The van der Waals surface area contributed by atoms with Crippen LogP contribution in [-0.4, -0.2) is 26.3 Å². The van der Waals surface area contributed by atoms with Crippen LogP contribution in [0.3, 0.4) is 0 Å². The Morgan fingerprint density at radius 3 is 2.92 bits per heavy atom. The second-order valence-electron chi connectivity index (χ2n) is 6.13. The molecule has 5 nitrogen and oxygen atoms in total. The van der Waals surface area contributed by atoms with Crippen molar-refractivity contribution in [1.29, 1.82) is 0 Å². The van der Waals surface area contributed by atoms with Crippen molar-refractivity contribution in [2.45, 2.75) is 36.3 Å². The first kappa shape index (κ1) is 15.5. The molecule has 0 aliphatic heterocycles. The van der Waals surface area contributed by atoms with Gasteiger partial charge in [-0.2, -0.15) is 0 Å². The zero-order valence-corrected chi connectivity index (χ0v) is 14.5. The maximum absolute atomic E-state index is 13.1. The van der Waals surface area contributed by atoms with Crippen LogP contribution in [0.2, 0.25) is 0 Å². The predicted molar refractivity (Wildman–Crippen MR) is 93.2 cm³/mol. The van der Waals surface area contributed by atoms with E-state index in [-0.39, 0.29) is 11.4 Å². The fraction of sp³-hybridized carbons (Fsp3) is 0.333. The maximum atomic E-state index is 13.1. The molecule has 2 heterocycles. The summed E-state index contributed by atoms with van der Waals surface area (Å²) in [6, 6.07) is 9.83. The molecule has 2 aromatic heterocycles. The van der Waals surface area contributed by atoms with Gasteiger partial charge in [0, 0.05) is 18.9 Å². The molecule has 0 bridgehead atoms. The third-order valence-corrected chi connectivity index (χ3v) is 6.08. The van der Waals surface area contributed by atoms with Crippen molar-refractivity contribution in [3.63, 3.8) is 0 Å². The van der Waals surface area contributed by atoms with Crippen molar-refractivity contribution in [3.8, 4) is 0 Å². The van der Waals surface area contributed by atoms with Crippen LogP contribution in [0.15, 0.2) is 41.7 Å². The van der Waals surface area contributed by atoms with Crippen LogP contribution in [0.25, 0.3) is 11.0 Å². The second kappa shape index (κ2) is 6.11. The minimum atomic E-state index is -1.27. The number of methoxy groups -OCH3 is 1. The third-order valence-electron chi connectivity index (χ3n) is 4.53. The zero-order chi connectivity index (χ0) is 16.7. The lowest BCUT2D eigenvalue weighted by atomic mass is 9.92. The van der Waals surface area contributed by atoms with E-state index in [1.165, 1.54) is 0 Å². The molecule has 0 saturated heterocycles. The average Bonchev–Trinajstić information content (AvgIpc) is 3.04. The van der Waals surface area contributed by atoms with Crippen molar-refractivity contribution in [3.05, 3.63) is 53.3 Å². The molecule has 0 radical (unpaired) electrons. The number of aromatic nitrogens is 3. The summed E-state index contributed by atoms with van der Waals surface area (Å²) in [4.78, 5) is 12.3. The molecule has 4 rings (SSSR count). The summed E-state index contributed by atoms with van der Waals surface area (Å²) in [5.74, 6) is 0. The predicted octanol–water partition coefficient (Wildman–Crippen LogP) is 3.60. The highest BCUT2D eigenvalue weighted by molar-refractivity contribution is 7.85. The molecule has 3 unspecified atom stereocenters. The Morgan fingerprint density at radius 1 is 1.29 bits per heavy atom. The highest BCUT2D eigenvalue weighted by Crippen LogP contribution is 2.41. The summed E-state index contributed by atoms with van der Waals surface area (Å²) in [7, 11) is 0.443. The highest BCUT2D eigenvalue weighted by atomic mass is 32.2. The minimum absolute atomic E-state index is 0.0244. The first-order valence-corrected chi connectivity index (χ1v) is 9.23. The van der Waals surface area contributed by atoms with E-state index < -0.39 is 10.8 Å². The molecular formula is C18H19N3O2S. The Morgan fingerprint density at radius 2 is 2.12 bits per heavy atom. The number of hydrogen-bond donors (Lipinski definition) is 1. The SMILES string of the molecule is COC1CCC(S(=O)c2nc3ccccc3[nH]2)c2ncc(C)cc21. The molecular weight excluding hydrogens is 322 g/mol. The second-order valence-corrected chi connectivity index (χ2v) is 7.68. The average molecular weight is 341 g/mol. The first-order chi connectivity index (χ1) is 11.7. The fourth-order valence-corrected chi connectivity index (χ4v) is 4.76. The maximum Gasteiger partial charge on any atom is 0.198 e. The van der Waals surface area contributed by atoms with Gasteiger partial charge in [0.2, 0.25) is 0 Å². The molecule has 0 spiro atoms. The molecule has 1 N–H and O–H groups in total. The number of benzene rings is 1. The number of para-hydroxylation sites is 2. The van der Waals surface area contributed by atoms with Crippen LogP contribution in [0.4, 0.5) is 0 Å². The van der Waals surface area contributed by atoms with Crippen molar-refractivity contribution in [2.24, 2.45) is 0 Å². The van der Waals surface area contributed by atoms with E-state index in [9.17, 15) is 4.21 Å². The van der Waals surface area contributed by atoms with Gasteiger partial charge in [-0.05, 0) is 37.5 Å². The summed E-state index contributed by atoms with van der Waals surface area (Å²) in [5.41, 5.74) is 4.76. The lowest BCUT2D eigenvalue weighted by Crippen LogP contribution is -2.21. The number of pyridine rings is 1. The van der Waals surface area contributed by atoms with Gasteiger partial charge in [-0.3, -0.25) is 9.19 Å². The van der Waals surface area contributed by atoms with Crippen LogP contribution < -0.4 is 0 Å². The number of H-pyrrole nitrogens is 1. The number of hydrogen-bond acceptors (Lipinski definition) is 4. The van der Waals surface area contributed by atoms with Gasteiger partial charge in [-0.25, -0.2) is 4.98 Å². The van der Waals surface area contributed by atoms with Crippen molar-refractivity contribution in [2.75, 3.05) is 7.11 Å². The lowest BCUT2D eigenvalue weighted by molar-refractivity contribution is 0.0867. The summed E-state index contributed by atoms with van der Waals surface area (Å²) < 4.78 is 18.7. The number of ether oxygens (including phenoxy) is 1. The number of rotatable bonds is 3. The fourth-order valence-electron chi connectivity index (χ4n) is 3.34. The Bertz CT molecular complexity index is 889. The van der Waals surface area contributed by atoms with Gasteiger partial charge < -0.3 is 9.72 Å². The van der Waals surface area contributed by atoms with Crippen LogP contribution in [0, 0.1) is 6.92 Å². The summed E-state index contributed by atoms with van der Waals surface area (Å²) in [5, 5.41) is 0.359. The smallest absolute Gasteiger partial charge is 0.198 e. The molecule has 3 atom stereocenters. The number of imidazole rings is 1. The van der Waals surface area contributed by atoms with Crippen LogP contribution >= 0.6 is 0 Å². The number of nitrogens with zero attached hydrogens (tertiary/aromatic N) is 2. The van der Waals surface area contributed by atoms with Gasteiger partial charge in [-0.1, -0.05) is 18.2 Å². The highest BCUT2D eigenvalue weighted by Gasteiger charge is 2.34. The molecule has 0 saturated carbocycles. The molecule has 124 valence electrons. The lowest BCUT2D eigenvalue weighted by Gasteiger charge is -2.29. The quantitative estimate of drug-likeness (QED) is 0.790. The molecule has 1 aromatic carbocycles. The third kappa shape index (κ3) is 2.56. The topological polar surface area (TPSA) is 67.9 Å². The van der Waals surface area contributed by atoms with Crippen molar-refractivity contribution >= 4 is 21.8 Å². The van der Waals surface area contributed by atoms with E-state index >= 15 is 0 Å². The van der Waals surface area contributed by atoms with E-state index in [4.69, 9.17) is 4.74 Å². The summed E-state index contributed by atoms with van der Waals surface area (Å²) >= 11 is 0. The Balaban J connectivity index is 1.75. The van der Waals surface area contributed by atoms with Gasteiger partial charge in [0.15, 0.2) is 5.16 Å². The van der Waals surface area contributed by atoms with E-state index in [0.29, 0.717) is 5.16 Å². The summed E-state index contributed by atoms with van der Waals surface area (Å²) in [6.45, 7) is 2.01. The molecule has 6 heteroatoms. The Kier molecular flexibility index (Phi) is 3.94. The van der Waals surface area contributed by atoms with Gasteiger partial charge in [0.1, 0.15) is 0 Å². The van der Waals surface area contributed by atoms with Crippen molar-refractivity contribution in [1.82, 2.24) is 15.0 Å². The largest absolute Gasteiger partial charge is 0.377 e. The Hall–Kier alpha value is -2.05. The van der Waals surface area contributed by atoms with Gasteiger partial charge >= 0.3 is 0 Å². The van der Waals surface area contributed by atoms with Crippen LogP contribution in [0.1, 0.15) is 41.0 Å². The van der Waals surface area contributed by atoms with E-state index in [0.717, 1.165) is 40.7 Å². The number of aromatic amines is 1. The molecule has 1 aliphatic carbocycles. The molecule has 0 fully saturated rings. The minimum Gasteiger partial charge on any atom is -0.377 e. The number of aryl methyl sites for hydroxylation is 1. The number of nitrogens with one attached hydrogen (secondary N) is 1. The van der Waals surface area contributed by atoms with E-state index in [2.05, 4.69) is 21.0 Å². The molecule has 1 aliphatic rings. The normalized spacial score (nSPS) is 21.6. The zero-order valence-electron chi connectivity index (χ0n) is 13.7. The summed E-state index contributed by atoms with van der Waals surface area (Å²) in [6.07, 6.45) is 3.47. The number of fused-ring (bicyclic) bond motifs is 2. The van der Waals surface area contributed by atoms with Crippen molar-refractivity contribution < 1.29 is 8.95 Å². The van der Waals surface area contributed by atoms with E-state index in [1.807, 2.05) is 37.4 Å². The molecule has 24 heavy (non-hydrogen) atoms. The van der Waals surface area contributed by atoms with Crippen LogP contribution in [0.5, 0.6) is 0 Å². The van der Waals surface area contributed by atoms with Crippen LogP contribution in [-0.2, 0) is 15.5 Å². The van der Waals surface area contributed by atoms with Gasteiger partial charge in [0.25, 0.3) is 0 Å². The first-order valence-electron chi connectivity index (χ1n) is 8.02. The molecule has 0 amide bonds. The van der Waals surface area contributed by atoms with Gasteiger partial charge in [0.05, 0.1) is 38.9 Å². The van der Waals surface area contributed by atoms with E-state index in [1.54, 1.807) is 7.11 Å². The molecule has 3 aromatic rings. The van der Waals surface area contributed by atoms with Gasteiger partial charge in [-0.15, -0.1) is 0 Å². The monoisotopic (exact) mass is 341 g/mol.